The molecule has 0 bridgehead atoms. The number of hydrogen-bond donors (Lipinski definition) is 1. The van der Waals surface area contributed by atoms with Crippen LogP contribution in [0, 0.1) is 6.92 Å². The van der Waals surface area contributed by atoms with Crippen LogP contribution in [0.3, 0.4) is 0 Å². The second kappa shape index (κ2) is 6.76. The molecule has 1 N–H and O–H groups in total. The minimum atomic E-state index is 0.116. The van der Waals surface area contributed by atoms with E-state index in [-0.39, 0.29) is 6.04 Å². The first kappa shape index (κ1) is 14.9. The first-order valence-corrected chi connectivity index (χ1v) is 7.94. The molecular formula is C15H17Cl2NS. The first-order valence-electron chi connectivity index (χ1n) is 6.37. The molecule has 2 rings (SSSR count). The lowest BCUT2D eigenvalue weighted by atomic mass is 10.0. The number of rotatable bonds is 5. The van der Waals surface area contributed by atoms with Gasteiger partial charge in [0.05, 0.1) is 10.4 Å². The highest BCUT2D eigenvalue weighted by molar-refractivity contribution is 7.16. The van der Waals surface area contributed by atoms with E-state index in [1.807, 2.05) is 25.1 Å². The van der Waals surface area contributed by atoms with Crippen LogP contribution in [0.2, 0.25) is 9.36 Å². The highest BCUT2D eigenvalue weighted by atomic mass is 35.5. The third-order valence-corrected chi connectivity index (χ3v) is 4.82. The number of hydrogen-bond acceptors (Lipinski definition) is 2. The lowest BCUT2D eigenvalue weighted by Crippen LogP contribution is -2.22. The molecular weight excluding hydrogens is 297 g/mol. The molecule has 0 fully saturated rings. The van der Waals surface area contributed by atoms with Crippen LogP contribution in [0.15, 0.2) is 30.3 Å². The Hall–Kier alpha value is -0.540. The van der Waals surface area contributed by atoms with Gasteiger partial charge < -0.3 is 5.32 Å². The minimum Gasteiger partial charge on any atom is -0.306 e. The molecule has 19 heavy (non-hydrogen) atoms. The third-order valence-electron chi connectivity index (χ3n) is 3.01. The molecule has 0 aliphatic carbocycles. The molecule has 4 heteroatoms. The SMILES string of the molecule is CCCNC(c1ccc(Cl)s1)c1cccc(C)c1Cl. The van der Waals surface area contributed by atoms with Crippen LogP contribution in [0.4, 0.5) is 0 Å². The third kappa shape index (κ3) is 3.51. The molecule has 0 aliphatic rings. The maximum Gasteiger partial charge on any atom is 0.0931 e. The van der Waals surface area contributed by atoms with Gasteiger partial charge in [-0.1, -0.05) is 48.3 Å². The molecule has 0 saturated carbocycles. The molecule has 1 aromatic heterocycles. The number of halogens is 2. The largest absolute Gasteiger partial charge is 0.306 e. The van der Waals surface area contributed by atoms with Gasteiger partial charge in [-0.15, -0.1) is 11.3 Å². The van der Waals surface area contributed by atoms with Gasteiger partial charge >= 0.3 is 0 Å². The average molecular weight is 314 g/mol. The molecule has 1 unspecified atom stereocenters. The van der Waals surface area contributed by atoms with E-state index in [4.69, 9.17) is 23.2 Å². The van der Waals surface area contributed by atoms with Crippen LogP contribution in [0.25, 0.3) is 0 Å². The van der Waals surface area contributed by atoms with Crippen molar-refractivity contribution in [2.75, 3.05) is 6.54 Å². The number of thiophene rings is 1. The molecule has 0 saturated heterocycles. The zero-order valence-electron chi connectivity index (χ0n) is 11.0. The Morgan fingerprint density at radius 3 is 2.63 bits per heavy atom. The summed E-state index contributed by atoms with van der Waals surface area (Å²) in [5.41, 5.74) is 2.22. The van der Waals surface area contributed by atoms with Crippen molar-refractivity contribution in [1.82, 2.24) is 5.32 Å². The van der Waals surface area contributed by atoms with Crippen molar-refractivity contribution >= 4 is 34.5 Å². The van der Waals surface area contributed by atoms with Crippen molar-refractivity contribution in [3.05, 3.63) is 55.7 Å². The second-order valence-corrected chi connectivity index (χ2v) is 6.63. The Labute approximate surface area is 128 Å². The smallest absolute Gasteiger partial charge is 0.0931 e. The van der Waals surface area contributed by atoms with Crippen LogP contribution in [0.1, 0.15) is 35.4 Å². The second-order valence-electron chi connectivity index (χ2n) is 4.51. The van der Waals surface area contributed by atoms with Crippen molar-refractivity contribution in [2.24, 2.45) is 0 Å². The number of benzene rings is 1. The summed E-state index contributed by atoms with van der Waals surface area (Å²) in [5, 5.41) is 4.38. The predicted molar refractivity (Wildman–Crippen MR) is 85.7 cm³/mol. The van der Waals surface area contributed by atoms with Crippen molar-refractivity contribution in [1.29, 1.82) is 0 Å². The van der Waals surface area contributed by atoms with Gasteiger partial charge in [0, 0.05) is 9.90 Å². The highest BCUT2D eigenvalue weighted by Crippen LogP contribution is 2.35. The van der Waals surface area contributed by atoms with E-state index in [0.29, 0.717) is 0 Å². The minimum absolute atomic E-state index is 0.116. The van der Waals surface area contributed by atoms with E-state index < -0.39 is 0 Å². The van der Waals surface area contributed by atoms with Crippen LogP contribution in [-0.2, 0) is 0 Å². The lowest BCUT2D eigenvalue weighted by Gasteiger charge is -2.19. The summed E-state index contributed by atoms with van der Waals surface area (Å²) >= 11 is 14.1. The average Bonchev–Trinajstić information content (AvgIpc) is 2.81. The predicted octanol–water partition coefficient (Wildman–Crippen LogP) is 5.45. The summed E-state index contributed by atoms with van der Waals surface area (Å²) in [4.78, 5) is 1.20. The van der Waals surface area contributed by atoms with Crippen LogP contribution >= 0.6 is 34.5 Å². The zero-order chi connectivity index (χ0) is 13.8. The summed E-state index contributed by atoms with van der Waals surface area (Å²) in [5.74, 6) is 0. The number of nitrogens with one attached hydrogen (secondary N) is 1. The summed E-state index contributed by atoms with van der Waals surface area (Å²) in [7, 11) is 0. The Kier molecular flexibility index (Phi) is 5.28. The fraction of sp³-hybridized carbons (Fsp3) is 0.333. The van der Waals surface area contributed by atoms with Gasteiger partial charge in [0.2, 0.25) is 0 Å². The molecule has 1 nitrogen and oxygen atoms in total. The van der Waals surface area contributed by atoms with Gasteiger partial charge in [-0.05, 0) is 43.1 Å². The van der Waals surface area contributed by atoms with Gasteiger partial charge in [-0.25, -0.2) is 0 Å². The Morgan fingerprint density at radius 1 is 1.21 bits per heavy atom. The fourth-order valence-corrected chi connectivity index (χ4v) is 3.42. The summed E-state index contributed by atoms with van der Waals surface area (Å²) in [6, 6.07) is 10.3. The molecule has 1 heterocycles. The maximum atomic E-state index is 6.46. The molecule has 0 radical (unpaired) electrons. The van der Waals surface area contributed by atoms with Crippen LogP contribution in [0.5, 0.6) is 0 Å². The summed E-state index contributed by atoms with van der Waals surface area (Å²) in [6.45, 7) is 5.14. The van der Waals surface area contributed by atoms with E-state index in [0.717, 1.165) is 33.5 Å². The van der Waals surface area contributed by atoms with Crippen LogP contribution < -0.4 is 5.32 Å². The van der Waals surface area contributed by atoms with Gasteiger partial charge in [-0.3, -0.25) is 0 Å². The van der Waals surface area contributed by atoms with Crippen molar-refractivity contribution in [3.8, 4) is 0 Å². The molecule has 0 aliphatic heterocycles. The zero-order valence-corrected chi connectivity index (χ0v) is 13.4. The fourth-order valence-electron chi connectivity index (χ4n) is 2.03. The van der Waals surface area contributed by atoms with E-state index in [9.17, 15) is 0 Å². The van der Waals surface area contributed by atoms with Gasteiger partial charge in [-0.2, -0.15) is 0 Å². The molecule has 1 aromatic carbocycles. The van der Waals surface area contributed by atoms with Gasteiger partial charge in [0.1, 0.15) is 0 Å². The Morgan fingerprint density at radius 2 is 2.00 bits per heavy atom. The Bertz CT molecular complexity index is 551. The topological polar surface area (TPSA) is 12.0 Å². The van der Waals surface area contributed by atoms with E-state index in [1.54, 1.807) is 11.3 Å². The van der Waals surface area contributed by atoms with Gasteiger partial charge in [0.15, 0.2) is 0 Å². The quantitative estimate of drug-likeness (QED) is 0.773. The van der Waals surface area contributed by atoms with E-state index >= 15 is 0 Å². The van der Waals surface area contributed by atoms with Crippen molar-refractivity contribution < 1.29 is 0 Å². The summed E-state index contributed by atoms with van der Waals surface area (Å²) < 4.78 is 0.807. The molecule has 102 valence electrons. The normalized spacial score (nSPS) is 12.6. The first-order chi connectivity index (χ1) is 9.13. The van der Waals surface area contributed by atoms with E-state index in [1.165, 1.54) is 4.88 Å². The van der Waals surface area contributed by atoms with Crippen molar-refractivity contribution in [2.45, 2.75) is 26.3 Å². The summed E-state index contributed by atoms with van der Waals surface area (Å²) in [6.07, 6.45) is 1.08. The monoisotopic (exact) mass is 313 g/mol. The van der Waals surface area contributed by atoms with Crippen LogP contribution in [-0.4, -0.2) is 6.54 Å². The number of aryl methyl sites for hydroxylation is 1. The molecule has 0 amide bonds. The lowest BCUT2D eigenvalue weighted by molar-refractivity contribution is 0.606. The maximum absolute atomic E-state index is 6.46. The Balaban J connectivity index is 2.39. The molecule has 0 spiro atoms. The molecule has 1 atom stereocenters. The van der Waals surface area contributed by atoms with Crippen molar-refractivity contribution in [3.63, 3.8) is 0 Å². The highest BCUT2D eigenvalue weighted by Gasteiger charge is 2.18. The molecule has 2 aromatic rings. The standard InChI is InChI=1S/C15H17Cl2NS/c1-3-9-18-15(12-7-8-13(16)19-12)11-6-4-5-10(2)14(11)17/h4-8,15,18H,3,9H2,1-2H3. The van der Waals surface area contributed by atoms with Gasteiger partial charge in [0.25, 0.3) is 0 Å². The van der Waals surface area contributed by atoms with E-state index in [2.05, 4.69) is 24.4 Å².